The van der Waals surface area contributed by atoms with E-state index in [4.69, 9.17) is 4.74 Å². The van der Waals surface area contributed by atoms with Crippen LogP contribution in [-0.2, 0) is 10.2 Å². The van der Waals surface area contributed by atoms with Crippen LogP contribution in [0, 0.1) is 0 Å². The highest BCUT2D eigenvalue weighted by atomic mass is 32.2. The molecule has 0 aromatic heterocycles. The normalized spacial score (nSPS) is 20.1. The number of hydrogen-bond donors (Lipinski definition) is 0. The van der Waals surface area contributed by atoms with Crippen molar-refractivity contribution in [1.82, 2.24) is 18.4 Å². The monoisotopic (exact) mass is 408 g/mol. The first-order valence-electron chi connectivity index (χ1n) is 9.48. The zero-order valence-electron chi connectivity index (χ0n) is 16.3. The van der Waals surface area contributed by atoms with Gasteiger partial charge in [-0.3, -0.25) is 4.79 Å². The van der Waals surface area contributed by atoms with Gasteiger partial charge >= 0.3 is 0 Å². The molecule has 0 radical (unpaired) electrons. The summed E-state index contributed by atoms with van der Waals surface area (Å²) in [4.78, 5) is 16.6. The molecule has 3 rings (SSSR count). The summed E-state index contributed by atoms with van der Waals surface area (Å²) in [5, 5.41) is 0. The predicted octanol–water partition coefficient (Wildman–Crippen LogP) is 0.501. The van der Waals surface area contributed by atoms with Crippen molar-refractivity contribution in [2.24, 2.45) is 0 Å². The first-order chi connectivity index (χ1) is 13.4. The number of amides is 1. The maximum absolute atomic E-state index is 12.8. The summed E-state index contributed by atoms with van der Waals surface area (Å²) in [7, 11) is -1.47. The van der Waals surface area contributed by atoms with Crippen molar-refractivity contribution in [2.45, 2.75) is 0 Å². The van der Waals surface area contributed by atoms with Crippen LogP contribution in [-0.4, -0.2) is 98.7 Å². The summed E-state index contributed by atoms with van der Waals surface area (Å²) in [6, 6.07) is 7.02. The van der Waals surface area contributed by atoms with Crippen LogP contribution in [0.15, 0.2) is 36.9 Å². The molecule has 0 spiro atoms. The Morgan fingerprint density at radius 3 is 2.29 bits per heavy atom. The lowest BCUT2D eigenvalue weighted by Crippen LogP contribution is -2.57. The van der Waals surface area contributed by atoms with Crippen molar-refractivity contribution in [3.63, 3.8) is 0 Å². The topological polar surface area (TPSA) is 73.4 Å². The lowest BCUT2D eigenvalue weighted by atomic mass is 10.1. The molecule has 0 bridgehead atoms. The summed E-state index contributed by atoms with van der Waals surface area (Å²) >= 11 is 0. The molecule has 0 N–H and O–H groups in total. The smallest absolute Gasteiger partial charge is 0.282 e. The molecule has 2 saturated heterocycles. The van der Waals surface area contributed by atoms with Gasteiger partial charge in [-0.25, -0.2) is 0 Å². The van der Waals surface area contributed by atoms with E-state index in [0.717, 1.165) is 13.1 Å². The van der Waals surface area contributed by atoms with E-state index in [1.807, 2.05) is 7.05 Å². The number of ether oxygens (including phenoxy) is 1. The fourth-order valence-electron chi connectivity index (χ4n) is 3.36. The Bertz CT molecular complexity index is 798. The summed E-state index contributed by atoms with van der Waals surface area (Å²) in [6.07, 6.45) is 1.65. The van der Waals surface area contributed by atoms with Gasteiger partial charge in [0.25, 0.3) is 16.1 Å². The molecule has 2 fully saturated rings. The second-order valence-corrected chi connectivity index (χ2v) is 8.96. The van der Waals surface area contributed by atoms with E-state index in [1.54, 1.807) is 39.5 Å². The number of likely N-dealkylation sites (N-methyl/N-ethyl adjacent to an activating group) is 1. The molecule has 2 aliphatic rings. The van der Waals surface area contributed by atoms with Gasteiger partial charge in [0.1, 0.15) is 12.4 Å². The van der Waals surface area contributed by atoms with E-state index >= 15 is 0 Å². The summed E-state index contributed by atoms with van der Waals surface area (Å²) in [6.45, 7) is 7.86. The molecule has 0 atom stereocenters. The van der Waals surface area contributed by atoms with Crippen LogP contribution in [0.3, 0.4) is 0 Å². The van der Waals surface area contributed by atoms with Crippen molar-refractivity contribution >= 4 is 16.1 Å². The SMILES string of the molecule is C=CCOc1cccc(C(=O)N2CCN(S(=O)(=O)N3CCN(C)CC3)CC2)c1. The van der Waals surface area contributed by atoms with Crippen LogP contribution in [0.2, 0.25) is 0 Å². The van der Waals surface area contributed by atoms with Crippen molar-refractivity contribution in [3.05, 3.63) is 42.5 Å². The Labute approximate surface area is 167 Å². The molecule has 2 heterocycles. The molecule has 0 saturated carbocycles. The Kier molecular flexibility index (Phi) is 6.71. The minimum atomic E-state index is -3.47. The van der Waals surface area contributed by atoms with E-state index in [9.17, 15) is 13.2 Å². The number of carbonyl (C=O) groups is 1. The number of nitrogens with zero attached hydrogens (tertiary/aromatic N) is 4. The summed E-state index contributed by atoms with van der Waals surface area (Å²) in [5.41, 5.74) is 0.539. The van der Waals surface area contributed by atoms with Crippen LogP contribution in [0.4, 0.5) is 0 Å². The average molecular weight is 409 g/mol. The quantitative estimate of drug-likeness (QED) is 0.641. The lowest BCUT2D eigenvalue weighted by molar-refractivity contribution is 0.0692. The van der Waals surface area contributed by atoms with Crippen molar-refractivity contribution < 1.29 is 17.9 Å². The molecule has 2 aliphatic heterocycles. The molecule has 154 valence electrons. The fourth-order valence-corrected chi connectivity index (χ4v) is 4.94. The van der Waals surface area contributed by atoms with Crippen molar-refractivity contribution in [2.75, 3.05) is 66.0 Å². The van der Waals surface area contributed by atoms with Gasteiger partial charge in [-0.2, -0.15) is 17.0 Å². The number of benzene rings is 1. The largest absolute Gasteiger partial charge is 0.490 e. The van der Waals surface area contributed by atoms with Crippen LogP contribution in [0.5, 0.6) is 5.75 Å². The van der Waals surface area contributed by atoms with Crippen LogP contribution in [0.1, 0.15) is 10.4 Å². The Morgan fingerprint density at radius 2 is 1.68 bits per heavy atom. The molecule has 9 heteroatoms. The average Bonchev–Trinajstić information content (AvgIpc) is 2.72. The highest BCUT2D eigenvalue weighted by Crippen LogP contribution is 2.18. The van der Waals surface area contributed by atoms with E-state index < -0.39 is 10.2 Å². The van der Waals surface area contributed by atoms with Gasteiger partial charge in [0.15, 0.2) is 0 Å². The highest BCUT2D eigenvalue weighted by molar-refractivity contribution is 7.86. The maximum atomic E-state index is 12.8. The van der Waals surface area contributed by atoms with Gasteiger partial charge in [0, 0.05) is 57.9 Å². The minimum Gasteiger partial charge on any atom is -0.490 e. The maximum Gasteiger partial charge on any atom is 0.282 e. The number of piperazine rings is 2. The first-order valence-corrected chi connectivity index (χ1v) is 10.9. The Balaban J connectivity index is 1.59. The zero-order chi connectivity index (χ0) is 20.1. The van der Waals surface area contributed by atoms with E-state index in [1.165, 1.54) is 4.31 Å². The Morgan fingerprint density at radius 1 is 1.07 bits per heavy atom. The summed E-state index contributed by atoms with van der Waals surface area (Å²) in [5.74, 6) is 0.503. The zero-order valence-corrected chi connectivity index (χ0v) is 17.1. The molecular formula is C19H28N4O4S. The molecule has 0 unspecified atom stereocenters. The number of carbonyl (C=O) groups excluding carboxylic acids is 1. The van der Waals surface area contributed by atoms with Crippen LogP contribution in [0.25, 0.3) is 0 Å². The minimum absolute atomic E-state index is 0.110. The van der Waals surface area contributed by atoms with E-state index in [0.29, 0.717) is 57.2 Å². The van der Waals surface area contributed by atoms with E-state index in [2.05, 4.69) is 11.5 Å². The van der Waals surface area contributed by atoms with Crippen LogP contribution < -0.4 is 4.74 Å². The standard InChI is InChI=1S/C19H28N4O4S/c1-3-15-27-18-6-4-5-17(16-18)19(24)21-9-13-23(14-10-21)28(25,26)22-11-7-20(2)8-12-22/h3-6,16H,1,7-15H2,2H3. The number of rotatable bonds is 6. The molecular weight excluding hydrogens is 380 g/mol. The van der Waals surface area contributed by atoms with Gasteiger partial charge in [0.05, 0.1) is 0 Å². The third-order valence-corrected chi connectivity index (χ3v) is 7.12. The van der Waals surface area contributed by atoms with Gasteiger partial charge in [-0.1, -0.05) is 18.7 Å². The molecule has 0 aliphatic carbocycles. The second kappa shape index (κ2) is 9.04. The predicted molar refractivity (Wildman–Crippen MR) is 108 cm³/mol. The third-order valence-electron chi connectivity index (χ3n) is 5.09. The second-order valence-electron chi connectivity index (χ2n) is 7.03. The third kappa shape index (κ3) is 4.72. The van der Waals surface area contributed by atoms with Gasteiger partial charge in [-0.05, 0) is 25.2 Å². The van der Waals surface area contributed by atoms with Gasteiger partial charge in [0.2, 0.25) is 0 Å². The Hall–Kier alpha value is -1.94. The van der Waals surface area contributed by atoms with E-state index in [-0.39, 0.29) is 5.91 Å². The lowest BCUT2D eigenvalue weighted by Gasteiger charge is -2.39. The number of hydrogen-bond acceptors (Lipinski definition) is 5. The fraction of sp³-hybridized carbons (Fsp3) is 0.526. The van der Waals surface area contributed by atoms with Crippen molar-refractivity contribution in [1.29, 1.82) is 0 Å². The molecule has 28 heavy (non-hydrogen) atoms. The first kappa shape index (κ1) is 20.8. The van der Waals surface area contributed by atoms with Crippen LogP contribution >= 0.6 is 0 Å². The molecule has 8 nitrogen and oxygen atoms in total. The van der Waals surface area contributed by atoms with Gasteiger partial charge in [-0.15, -0.1) is 0 Å². The molecule has 1 aromatic rings. The highest BCUT2D eigenvalue weighted by Gasteiger charge is 2.34. The molecule has 1 aromatic carbocycles. The summed E-state index contributed by atoms with van der Waals surface area (Å²) < 4.78 is 34.2. The molecule has 1 amide bonds. The van der Waals surface area contributed by atoms with Crippen molar-refractivity contribution in [3.8, 4) is 5.75 Å². The van der Waals surface area contributed by atoms with Gasteiger partial charge < -0.3 is 14.5 Å².